The fourth-order valence-electron chi connectivity index (χ4n) is 7.69. The largest absolute Gasteiger partial charge is 0.507 e. The van der Waals surface area contributed by atoms with E-state index in [1.807, 2.05) is 12.1 Å². The van der Waals surface area contributed by atoms with Crippen LogP contribution in [0.25, 0.3) is 55.3 Å². The van der Waals surface area contributed by atoms with Gasteiger partial charge < -0.3 is 15.3 Å². The Morgan fingerprint density at radius 3 is 1.86 bits per heavy atom. The lowest BCUT2D eigenvalue weighted by molar-refractivity contribution is 0.263. The van der Waals surface area contributed by atoms with E-state index in [-0.39, 0.29) is 24.4 Å². The van der Waals surface area contributed by atoms with E-state index < -0.39 is 0 Å². The Bertz CT molecular complexity index is 2030. The summed E-state index contributed by atoms with van der Waals surface area (Å²) in [5.41, 5.74) is 14.6. The molecule has 1 atom stereocenters. The van der Waals surface area contributed by atoms with E-state index in [0.29, 0.717) is 11.1 Å². The minimum atomic E-state index is -0.265. The number of rotatable bonds is 6. The van der Waals surface area contributed by atoms with Crippen molar-refractivity contribution >= 4 is 10.8 Å². The van der Waals surface area contributed by atoms with Gasteiger partial charge in [-0.3, -0.25) is 0 Å². The maximum Gasteiger partial charge on any atom is 0.126 e. The van der Waals surface area contributed by atoms with Gasteiger partial charge in [0.2, 0.25) is 0 Å². The zero-order chi connectivity index (χ0) is 29.3. The number of aliphatic hydroxyl groups excluding tert-OH is 2. The second-order valence-electron chi connectivity index (χ2n) is 12.2. The molecule has 3 N–H and O–H groups in total. The number of hydrogen-bond donors (Lipinski definition) is 3. The molecule has 8 rings (SSSR count). The van der Waals surface area contributed by atoms with Gasteiger partial charge in [-0.05, 0) is 103 Å². The van der Waals surface area contributed by atoms with Gasteiger partial charge >= 0.3 is 0 Å². The Morgan fingerprint density at radius 1 is 0.558 bits per heavy atom. The Balaban J connectivity index is 1.24. The molecule has 0 aliphatic heterocycles. The summed E-state index contributed by atoms with van der Waals surface area (Å²) in [4.78, 5) is 0. The van der Waals surface area contributed by atoms with Gasteiger partial charge in [0.25, 0.3) is 0 Å². The molecule has 0 spiro atoms. The molecular weight excluding hydrogens is 528 g/mol. The van der Waals surface area contributed by atoms with Crippen molar-refractivity contribution in [3.05, 3.63) is 137 Å². The van der Waals surface area contributed by atoms with Crippen LogP contribution < -0.4 is 0 Å². The fourth-order valence-corrected chi connectivity index (χ4v) is 7.69. The van der Waals surface area contributed by atoms with Crippen molar-refractivity contribution in [2.45, 2.75) is 38.4 Å². The number of aliphatic hydroxyl groups is 2. The van der Waals surface area contributed by atoms with E-state index in [9.17, 15) is 15.3 Å². The monoisotopic (exact) mass is 560 g/mol. The van der Waals surface area contributed by atoms with Crippen molar-refractivity contribution in [2.75, 3.05) is 0 Å². The van der Waals surface area contributed by atoms with Crippen LogP contribution in [0.15, 0.2) is 109 Å². The van der Waals surface area contributed by atoms with Crippen LogP contribution in [0.5, 0.6) is 5.75 Å². The molecule has 0 heterocycles. The molecule has 43 heavy (non-hydrogen) atoms. The topological polar surface area (TPSA) is 60.7 Å². The van der Waals surface area contributed by atoms with Gasteiger partial charge in [0.05, 0.1) is 13.2 Å². The Hall–Kier alpha value is -4.70. The van der Waals surface area contributed by atoms with Crippen LogP contribution in [0.3, 0.4) is 0 Å². The molecule has 0 saturated heterocycles. The first-order valence-corrected chi connectivity index (χ1v) is 15.0. The number of aromatic hydroxyl groups is 1. The second-order valence-corrected chi connectivity index (χ2v) is 12.2. The molecule has 0 saturated carbocycles. The smallest absolute Gasteiger partial charge is 0.126 e. The minimum absolute atomic E-state index is 0.0189. The molecule has 0 bridgehead atoms. The van der Waals surface area contributed by atoms with Crippen molar-refractivity contribution < 1.29 is 15.3 Å². The van der Waals surface area contributed by atoms with Gasteiger partial charge in [-0.1, -0.05) is 97.9 Å². The summed E-state index contributed by atoms with van der Waals surface area (Å²) in [5, 5.41) is 32.6. The zero-order valence-electron chi connectivity index (χ0n) is 24.1. The summed E-state index contributed by atoms with van der Waals surface area (Å²) >= 11 is 0. The standard InChI is InChI=1S/C40H32O3/c1-40(18-17-24-19-26(22-41)39(43)27(20-24)23-42)36-12-5-4-9-31(36)32-14-13-25(21-37(32)40)28-15-16-35-30-8-3-2-7-29(30)34-11-6-10-33(28)38(34)35/h2-16,19-21,41-43H,17-18,22-23H2,1H3. The van der Waals surface area contributed by atoms with Crippen LogP contribution in [0, 0.1) is 0 Å². The van der Waals surface area contributed by atoms with Crippen LogP contribution >= 0.6 is 0 Å². The van der Waals surface area contributed by atoms with Crippen molar-refractivity contribution in [1.29, 1.82) is 0 Å². The third-order valence-electron chi connectivity index (χ3n) is 9.87. The van der Waals surface area contributed by atoms with Crippen molar-refractivity contribution in [1.82, 2.24) is 0 Å². The Kier molecular flexibility index (Phi) is 5.84. The van der Waals surface area contributed by atoms with Gasteiger partial charge in [0, 0.05) is 16.5 Å². The highest BCUT2D eigenvalue weighted by Crippen LogP contribution is 2.53. The maximum atomic E-state index is 10.4. The number of benzene rings is 6. The van der Waals surface area contributed by atoms with Crippen LogP contribution in [0.1, 0.15) is 41.2 Å². The minimum Gasteiger partial charge on any atom is -0.507 e. The molecule has 2 aliphatic rings. The number of hydrogen-bond acceptors (Lipinski definition) is 3. The molecule has 0 aromatic heterocycles. The molecule has 0 amide bonds. The first-order chi connectivity index (χ1) is 21.0. The van der Waals surface area contributed by atoms with Gasteiger partial charge in [-0.25, -0.2) is 0 Å². The van der Waals surface area contributed by atoms with Crippen LogP contribution in [0.2, 0.25) is 0 Å². The summed E-state index contributed by atoms with van der Waals surface area (Å²) in [6.45, 7) is 1.81. The molecule has 2 aliphatic carbocycles. The average molecular weight is 561 g/mol. The summed E-state index contributed by atoms with van der Waals surface area (Å²) < 4.78 is 0. The summed E-state index contributed by atoms with van der Waals surface area (Å²) in [5.74, 6) is -0.0189. The summed E-state index contributed by atoms with van der Waals surface area (Å²) in [6, 6.07) is 39.4. The van der Waals surface area contributed by atoms with E-state index in [0.717, 1.165) is 18.4 Å². The van der Waals surface area contributed by atoms with Gasteiger partial charge in [-0.2, -0.15) is 0 Å². The van der Waals surface area contributed by atoms with Crippen LogP contribution in [-0.2, 0) is 25.0 Å². The van der Waals surface area contributed by atoms with Crippen LogP contribution in [-0.4, -0.2) is 15.3 Å². The van der Waals surface area contributed by atoms with Gasteiger partial charge in [0.15, 0.2) is 0 Å². The highest BCUT2D eigenvalue weighted by Gasteiger charge is 2.39. The first kappa shape index (κ1) is 26.0. The lowest BCUT2D eigenvalue weighted by atomic mass is 9.75. The lowest BCUT2D eigenvalue weighted by Gasteiger charge is -2.28. The molecule has 6 aromatic rings. The quantitative estimate of drug-likeness (QED) is 0.191. The van der Waals surface area contributed by atoms with E-state index >= 15 is 0 Å². The summed E-state index contributed by atoms with van der Waals surface area (Å²) in [6.07, 6.45) is 1.59. The van der Waals surface area contributed by atoms with Gasteiger partial charge in [0.1, 0.15) is 5.75 Å². The van der Waals surface area contributed by atoms with Crippen molar-refractivity contribution in [3.63, 3.8) is 0 Å². The Labute approximate surface area is 251 Å². The molecule has 0 radical (unpaired) electrons. The molecule has 3 heteroatoms. The predicted octanol–water partition coefficient (Wildman–Crippen LogP) is 8.76. The number of aryl methyl sites for hydroxylation is 1. The van der Waals surface area contributed by atoms with Crippen molar-refractivity contribution in [3.8, 4) is 50.3 Å². The highest BCUT2D eigenvalue weighted by atomic mass is 16.3. The van der Waals surface area contributed by atoms with E-state index in [1.165, 1.54) is 66.4 Å². The first-order valence-electron chi connectivity index (χ1n) is 15.0. The fraction of sp³-hybridized carbons (Fsp3) is 0.150. The zero-order valence-corrected chi connectivity index (χ0v) is 24.1. The maximum absolute atomic E-state index is 10.4. The lowest BCUT2D eigenvalue weighted by Crippen LogP contribution is -2.22. The molecule has 6 aromatic carbocycles. The molecule has 0 fully saturated rings. The van der Waals surface area contributed by atoms with Gasteiger partial charge in [-0.15, -0.1) is 0 Å². The third kappa shape index (κ3) is 3.75. The summed E-state index contributed by atoms with van der Waals surface area (Å²) in [7, 11) is 0. The van der Waals surface area contributed by atoms with E-state index in [2.05, 4.69) is 104 Å². The molecule has 1 unspecified atom stereocenters. The normalized spacial score (nSPS) is 15.9. The molecule has 210 valence electrons. The predicted molar refractivity (Wildman–Crippen MR) is 174 cm³/mol. The molecular formula is C40H32O3. The SMILES string of the molecule is CC1(CCc2cc(CO)c(O)c(CO)c2)c2ccccc2-c2ccc(-c3ccc4c5c(cccc35)-c3ccccc3-4)cc21. The number of phenols is 1. The number of fused-ring (bicyclic) bond motifs is 6. The van der Waals surface area contributed by atoms with Crippen molar-refractivity contribution in [2.24, 2.45) is 0 Å². The third-order valence-corrected chi connectivity index (χ3v) is 9.87. The average Bonchev–Trinajstić information content (AvgIpc) is 3.51. The second kappa shape index (κ2) is 9.67. The highest BCUT2D eigenvalue weighted by molar-refractivity contribution is 6.18. The van der Waals surface area contributed by atoms with E-state index in [1.54, 1.807) is 0 Å². The van der Waals surface area contributed by atoms with E-state index in [4.69, 9.17) is 0 Å². The Morgan fingerprint density at radius 2 is 1.14 bits per heavy atom. The van der Waals surface area contributed by atoms with Crippen LogP contribution in [0.4, 0.5) is 0 Å². The molecule has 3 nitrogen and oxygen atoms in total.